The summed E-state index contributed by atoms with van der Waals surface area (Å²) in [4.78, 5) is 11.6. The maximum Gasteiger partial charge on any atom is 0.224 e. The summed E-state index contributed by atoms with van der Waals surface area (Å²) in [5.41, 5.74) is 1.32. The third-order valence-electron chi connectivity index (χ3n) is 2.43. The Balaban J connectivity index is 2.29. The van der Waals surface area contributed by atoms with Gasteiger partial charge in [0.25, 0.3) is 0 Å². The largest absolute Gasteiger partial charge is 0.326 e. The number of rotatable bonds is 6. The van der Waals surface area contributed by atoms with Crippen LogP contribution in [0.1, 0.15) is 32.3 Å². The maximum atomic E-state index is 11.6. The highest BCUT2D eigenvalue weighted by Gasteiger charge is 2.02. The average Bonchev–Trinajstić information content (AvgIpc) is 2.35. The van der Waals surface area contributed by atoms with Gasteiger partial charge in [-0.25, -0.2) is 0 Å². The molecule has 0 aliphatic heterocycles. The van der Waals surface area contributed by atoms with Crippen LogP contribution in [0.15, 0.2) is 24.3 Å². The summed E-state index contributed by atoms with van der Waals surface area (Å²) in [6.07, 6.45) is 1.32. The lowest BCUT2D eigenvalue weighted by molar-refractivity contribution is -0.116. The van der Waals surface area contributed by atoms with E-state index in [9.17, 15) is 4.79 Å². The monoisotopic (exact) mass is 245 g/mol. The van der Waals surface area contributed by atoms with Gasteiger partial charge in [0, 0.05) is 18.2 Å². The molecule has 0 spiro atoms. The Bertz CT molecular complexity index is 418. The number of nitriles is 1. The van der Waals surface area contributed by atoms with E-state index < -0.39 is 0 Å². The van der Waals surface area contributed by atoms with E-state index in [4.69, 9.17) is 5.26 Å². The second kappa shape index (κ2) is 7.46. The highest BCUT2D eigenvalue weighted by molar-refractivity contribution is 5.90. The van der Waals surface area contributed by atoms with Crippen molar-refractivity contribution >= 4 is 11.6 Å². The molecule has 4 heteroatoms. The molecule has 18 heavy (non-hydrogen) atoms. The fourth-order valence-electron chi connectivity index (χ4n) is 1.49. The molecule has 0 radical (unpaired) electrons. The van der Waals surface area contributed by atoms with E-state index in [1.807, 2.05) is 6.07 Å². The molecule has 0 fully saturated rings. The minimum atomic E-state index is 0.00487. The highest BCUT2D eigenvalue weighted by atomic mass is 16.1. The first-order valence-corrected chi connectivity index (χ1v) is 6.15. The van der Waals surface area contributed by atoms with Crippen molar-refractivity contribution < 1.29 is 4.79 Å². The number of amides is 1. The molecule has 0 bridgehead atoms. The number of benzene rings is 1. The smallest absolute Gasteiger partial charge is 0.224 e. The zero-order chi connectivity index (χ0) is 13.4. The quantitative estimate of drug-likeness (QED) is 0.756. The summed E-state index contributed by atoms with van der Waals surface area (Å²) in [7, 11) is 0. The van der Waals surface area contributed by atoms with Crippen molar-refractivity contribution in [1.82, 2.24) is 5.32 Å². The van der Waals surface area contributed by atoms with Crippen LogP contribution in [0.4, 0.5) is 5.69 Å². The minimum Gasteiger partial charge on any atom is -0.326 e. The van der Waals surface area contributed by atoms with Gasteiger partial charge in [0.1, 0.15) is 0 Å². The van der Waals surface area contributed by atoms with E-state index in [0.717, 1.165) is 18.7 Å². The minimum absolute atomic E-state index is 0.00487. The van der Waals surface area contributed by atoms with E-state index in [1.165, 1.54) is 0 Å². The molecule has 0 aliphatic carbocycles. The number of hydrogen-bond donors (Lipinski definition) is 2. The van der Waals surface area contributed by atoms with Gasteiger partial charge in [-0.15, -0.1) is 0 Å². The number of hydrogen-bond acceptors (Lipinski definition) is 3. The SMILES string of the molecule is CC(C)NCCCC(=O)Nc1ccc(C#N)cc1. The fraction of sp³-hybridized carbons (Fsp3) is 0.429. The van der Waals surface area contributed by atoms with Crippen LogP contribution in [0.25, 0.3) is 0 Å². The second-order valence-corrected chi connectivity index (χ2v) is 4.45. The van der Waals surface area contributed by atoms with Crippen LogP contribution in [-0.4, -0.2) is 18.5 Å². The number of carbonyl (C=O) groups excluding carboxylic acids is 1. The van der Waals surface area contributed by atoms with Crippen molar-refractivity contribution in [2.45, 2.75) is 32.7 Å². The van der Waals surface area contributed by atoms with Crippen molar-refractivity contribution in [3.63, 3.8) is 0 Å². The molecule has 0 aromatic heterocycles. The normalized spacial score (nSPS) is 10.1. The molecule has 0 saturated heterocycles. The van der Waals surface area contributed by atoms with Gasteiger partial charge in [-0.05, 0) is 37.2 Å². The predicted molar refractivity (Wildman–Crippen MR) is 72.2 cm³/mol. The summed E-state index contributed by atoms with van der Waals surface area (Å²) in [5.74, 6) is 0.00487. The summed E-state index contributed by atoms with van der Waals surface area (Å²) in [6.45, 7) is 5.01. The molecule has 1 amide bonds. The number of carbonyl (C=O) groups is 1. The average molecular weight is 245 g/mol. The summed E-state index contributed by atoms with van der Waals surface area (Å²) < 4.78 is 0. The first-order chi connectivity index (χ1) is 8.61. The van der Waals surface area contributed by atoms with E-state index >= 15 is 0 Å². The highest BCUT2D eigenvalue weighted by Crippen LogP contribution is 2.09. The van der Waals surface area contributed by atoms with Gasteiger partial charge in [0.15, 0.2) is 0 Å². The van der Waals surface area contributed by atoms with Gasteiger partial charge in [0.05, 0.1) is 11.6 Å². The van der Waals surface area contributed by atoms with Crippen LogP contribution in [0, 0.1) is 11.3 Å². The lowest BCUT2D eigenvalue weighted by atomic mass is 10.2. The van der Waals surface area contributed by atoms with E-state index in [1.54, 1.807) is 24.3 Å². The fourth-order valence-corrected chi connectivity index (χ4v) is 1.49. The lowest BCUT2D eigenvalue weighted by Gasteiger charge is -2.08. The molecule has 4 nitrogen and oxygen atoms in total. The Morgan fingerprint density at radius 1 is 1.33 bits per heavy atom. The zero-order valence-electron chi connectivity index (χ0n) is 10.9. The lowest BCUT2D eigenvalue weighted by Crippen LogP contribution is -2.24. The Morgan fingerprint density at radius 3 is 2.56 bits per heavy atom. The van der Waals surface area contributed by atoms with Crippen LogP contribution in [0.5, 0.6) is 0 Å². The topological polar surface area (TPSA) is 64.9 Å². The zero-order valence-corrected chi connectivity index (χ0v) is 10.9. The molecule has 1 rings (SSSR count). The van der Waals surface area contributed by atoms with Gasteiger partial charge in [-0.3, -0.25) is 4.79 Å². The molecular weight excluding hydrogens is 226 g/mol. The molecule has 1 aromatic carbocycles. The molecule has 96 valence electrons. The number of nitrogens with one attached hydrogen (secondary N) is 2. The van der Waals surface area contributed by atoms with Gasteiger partial charge in [-0.1, -0.05) is 13.8 Å². The third-order valence-corrected chi connectivity index (χ3v) is 2.43. The van der Waals surface area contributed by atoms with E-state index in [-0.39, 0.29) is 5.91 Å². The van der Waals surface area contributed by atoms with Crippen LogP contribution in [-0.2, 0) is 4.79 Å². The molecule has 0 atom stereocenters. The number of anilines is 1. The van der Waals surface area contributed by atoms with Gasteiger partial charge in [-0.2, -0.15) is 5.26 Å². The van der Waals surface area contributed by atoms with Crippen LogP contribution >= 0.6 is 0 Å². The van der Waals surface area contributed by atoms with Gasteiger partial charge >= 0.3 is 0 Å². The van der Waals surface area contributed by atoms with E-state index in [0.29, 0.717) is 18.0 Å². The number of nitrogens with zero attached hydrogens (tertiary/aromatic N) is 1. The van der Waals surface area contributed by atoms with E-state index in [2.05, 4.69) is 24.5 Å². The van der Waals surface area contributed by atoms with Crippen molar-refractivity contribution in [3.05, 3.63) is 29.8 Å². The predicted octanol–water partition coefficient (Wildman–Crippen LogP) is 2.27. The summed E-state index contributed by atoms with van der Waals surface area (Å²) in [6, 6.07) is 9.35. The molecule has 0 heterocycles. The molecule has 0 saturated carbocycles. The van der Waals surface area contributed by atoms with Gasteiger partial charge in [0.2, 0.25) is 5.91 Å². The Morgan fingerprint density at radius 2 is 2.00 bits per heavy atom. The standard InChI is InChI=1S/C14H19N3O/c1-11(2)16-9-3-4-14(18)17-13-7-5-12(10-15)6-8-13/h5-8,11,16H,3-4,9H2,1-2H3,(H,17,18). The van der Waals surface area contributed by atoms with Crippen molar-refractivity contribution in [1.29, 1.82) is 5.26 Å². The first-order valence-electron chi connectivity index (χ1n) is 6.15. The van der Waals surface area contributed by atoms with Crippen LogP contribution < -0.4 is 10.6 Å². The summed E-state index contributed by atoms with van der Waals surface area (Å²) >= 11 is 0. The molecule has 0 unspecified atom stereocenters. The Hall–Kier alpha value is -1.86. The Labute approximate surface area is 108 Å². The molecule has 2 N–H and O–H groups in total. The first kappa shape index (κ1) is 14.2. The van der Waals surface area contributed by atoms with Crippen molar-refractivity contribution in [2.75, 3.05) is 11.9 Å². The van der Waals surface area contributed by atoms with Crippen molar-refractivity contribution in [2.24, 2.45) is 0 Å². The van der Waals surface area contributed by atoms with Gasteiger partial charge < -0.3 is 10.6 Å². The van der Waals surface area contributed by atoms with Crippen LogP contribution in [0.3, 0.4) is 0 Å². The summed E-state index contributed by atoms with van der Waals surface area (Å²) in [5, 5.41) is 14.7. The molecule has 1 aromatic rings. The van der Waals surface area contributed by atoms with Crippen molar-refractivity contribution in [3.8, 4) is 6.07 Å². The molecule has 0 aliphatic rings. The maximum absolute atomic E-state index is 11.6. The second-order valence-electron chi connectivity index (χ2n) is 4.45. The third kappa shape index (κ3) is 5.46. The van der Waals surface area contributed by atoms with Crippen LogP contribution in [0.2, 0.25) is 0 Å². The molecular formula is C14H19N3O. The Kier molecular flexibility index (Phi) is 5.89.